The zero-order valence-corrected chi connectivity index (χ0v) is 10.7. The lowest BCUT2D eigenvalue weighted by molar-refractivity contribution is -0.156. The molecular weight excluding hydrogens is 248 g/mol. The van der Waals surface area contributed by atoms with Crippen molar-refractivity contribution in [3.63, 3.8) is 0 Å². The lowest BCUT2D eigenvalue weighted by Gasteiger charge is -2.08. The summed E-state index contributed by atoms with van der Waals surface area (Å²) in [5.74, 6) is -3.20. The van der Waals surface area contributed by atoms with Gasteiger partial charge in [-0.1, -0.05) is 18.2 Å². The number of aromatic nitrogens is 2. The zero-order chi connectivity index (χ0) is 14.0. The van der Waals surface area contributed by atoms with E-state index in [-0.39, 0.29) is 6.42 Å². The van der Waals surface area contributed by atoms with E-state index in [0.717, 1.165) is 10.9 Å². The topological polar surface area (TPSA) is 81.4 Å². The highest BCUT2D eigenvalue weighted by molar-refractivity contribution is 5.95. The second-order valence-corrected chi connectivity index (χ2v) is 4.21. The van der Waals surface area contributed by atoms with Crippen LogP contribution in [0.15, 0.2) is 24.3 Å². The van der Waals surface area contributed by atoms with Gasteiger partial charge in [0.25, 0.3) is 0 Å². The van der Waals surface area contributed by atoms with E-state index < -0.39 is 17.9 Å². The molecule has 0 radical (unpaired) electrons. The summed E-state index contributed by atoms with van der Waals surface area (Å²) < 4.78 is 6.18. The zero-order valence-electron chi connectivity index (χ0n) is 10.7. The molecule has 1 N–H and O–H groups in total. The lowest BCUT2D eigenvalue weighted by Crippen LogP contribution is -2.27. The maximum atomic E-state index is 11.5. The van der Waals surface area contributed by atoms with Crippen LogP contribution in [-0.4, -0.2) is 33.9 Å². The number of carbonyl (C=O) groups excluding carboxylic acids is 1. The Kier molecular flexibility index (Phi) is 3.50. The highest BCUT2D eigenvalue weighted by Gasteiger charge is 2.29. The number of nitrogens with zero attached hydrogens (tertiary/aromatic N) is 2. The van der Waals surface area contributed by atoms with Crippen LogP contribution in [0.2, 0.25) is 0 Å². The number of para-hydroxylation sites is 1. The normalized spacial score (nSPS) is 12.3. The molecule has 1 heterocycles. The van der Waals surface area contributed by atoms with Crippen molar-refractivity contribution in [3.8, 4) is 0 Å². The van der Waals surface area contributed by atoms with Crippen molar-refractivity contribution in [2.24, 2.45) is 13.0 Å². The first kappa shape index (κ1) is 13.1. The second-order valence-electron chi connectivity index (χ2n) is 4.21. The first-order valence-electron chi connectivity index (χ1n) is 5.76. The quantitative estimate of drug-likeness (QED) is 0.656. The van der Waals surface area contributed by atoms with Crippen LogP contribution < -0.4 is 0 Å². The summed E-state index contributed by atoms with van der Waals surface area (Å²) in [4.78, 5) is 22.6. The largest absolute Gasteiger partial charge is 0.481 e. The standard InChI is InChI=1S/C13H14N2O4/c1-15-11-6-4-3-5-8(11)10(14-15)7-9(12(16)17)13(18)19-2/h3-6,9H,7H2,1-2H3,(H,16,17). The number of carboxylic acid groups (broad SMARTS) is 1. The van der Waals surface area contributed by atoms with Crippen LogP contribution in [0.3, 0.4) is 0 Å². The predicted molar refractivity (Wildman–Crippen MR) is 67.6 cm³/mol. The van der Waals surface area contributed by atoms with Gasteiger partial charge >= 0.3 is 11.9 Å². The molecule has 0 aliphatic carbocycles. The van der Waals surface area contributed by atoms with Crippen LogP contribution in [0.4, 0.5) is 0 Å². The number of rotatable bonds is 4. The summed E-state index contributed by atoms with van der Waals surface area (Å²) in [6.07, 6.45) is 0.0172. The summed E-state index contributed by atoms with van der Waals surface area (Å²) in [7, 11) is 2.95. The number of carbonyl (C=O) groups is 2. The number of fused-ring (bicyclic) bond motifs is 1. The first-order chi connectivity index (χ1) is 9.04. The highest BCUT2D eigenvalue weighted by atomic mass is 16.5. The molecule has 6 heteroatoms. The molecule has 0 spiro atoms. The summed E-state index contributed by atoms with van der Waals surface area (Å²) in [5, 5.41) is 14.2. The van der Waals surface area contributed by atoms with Crippen molar-refractivity contribution in [1.82, 2.24) is 9.78 Å². The number of methoxy groups -OCH3 is 1. The van der Waals surface area contributed by atoms with E-state index in [2.05, 4.69) is 9.84 Å². The molecular formula is C13H14N2O4. The Bertz CT molecular complexity index is 633. The Morgan fingerprint density at radius 3 is 2.74 bits per heavy atom. The molecule has 0 saturated heterocycles. The molecule has 0 fully saturated rings. The van der Waals surface area contributed by atoms with Gasteiger partial charge in [0.2, 0.25) is 0 Å². The SMILES string of the molecule is COC(=O)C(Cc1nn(C)c2ccccc12)C(=O)O. The minimum absolute atomic E-state index is 0.0172. The van der Waals surface area contributed by atoms with Crippen LogP contribution in [0.25, 0.3) is 10.9 Å². The number of ether oxygens (including phenoxy) is 1. The van der Waals surface area contributed by atoms with Crippen molar-refractivity contribution >= 4 is 22.8 Å². The van der Waals surface area contributed by atoms with Crippen molar-refractivity contribution < 1.29 is 19.4 Å². The number of aliphatic carboxylic acids is 1. The highest BCUT2D eigenvalue weighted by Crippen LogP contribution is 2.20. The first-order valence-corrected chi connectivity index (χ1v) is 5.76. The minimum atomic E-state index is -1.23. The molecule has 1 atom stereocenters. The minimum Gasteiger partial charge on any atom is -0.481 e. The molecule has 2 aromatic rings. The smallest absolute Gasteiger partial charge is 0.320 e. The van der Waals surface area contributed by atoms with E-state index in [1.54, 1.807) is 11.7 Å². The maximum Gasteiger partial charge on any atom is 0.320 e. The second kappa shape index (κ2) is 5.09. The van der Waals surface area contributed by atoms with Crippen molar-refractivity contribution in [3.05, 3.63) is 30.0 Å². The molecule has 1 unspecified atom stereocenters. The number of hydrogen-bond acceptors (Lipinski definition) is 4. The third-order valence-electron chi connectivity index (χ3n) is 3.02. The van der Waals surface area contributed by atoms with Crippen LogP contribution in [0.1, 0.15) is 5.69 Å². The molecule has 2 rings (SSSR count). The molecule has 0 amide bonds. The van der Waals surface area contributed by atoms with Gasteiger partial charge in [0.15, 0.2) is 5.92 Å². The molecule has 0 saturated carbocycles. The Balaban J connectivity index is 2.39. The van der Waals surface area contributed by atoms with E-state index in [1.807, 2.05) is 24.3 Å². The van der Waals surface area contributed by atoms with Crippen molar-refractivity contribution in [2.75, 3.05) is 7.11 Å². The third kappa shape index (κ3) is 2.42. The van der Waals surface area contributed by atoms with Gasteiger partial charge in [-0.25, -0.2) is 0 Å². The van der Waals surface area contributed by atoms with E-state index in [1.165, 1.54) is 7.11 Å². The molecule has 1 aromatic heterocycles. The van der Waals surface area contributed by atoms with Gasteiger partial charge in [0.05, 0.1) is 18.3 Å². The van der Waals surface area contributed by atoms with Crippen LogP contribution >= 0.6 is 0 Å². The fraction of sp³-hybridized carbons (Fsp3) is 0.308. The van der Waals surface area contributed by atoms with Crippen LogP contribution in [0.5, 0.6) is 0 Å². The molecule has 0 bridgehead atoms. The molecule has 0 aliphatic heterocycles. The van der Waals surface area contributed by atoms with E-state index >= 15 is 0 Å². The molecule has 6 nitrogen and oxygen atoms in total. The molecule has 0 aliphatic rings. The van der Waals surface area contributed by atoms with Crippen molar-refractivity contribution in [2.45, 2.75) is 6.42 Å². The van der Waals surface area contributed by atoms with E-state index in [0.29, 0.717) is 5.69 Å². The Hall–Kier alpha value is -2.37. The summed E-state index contributed by atoms with van der Waals surface area (Å²) in [5.41, 5.74) is 1.47. The van der Waals surface area contributed by atoms with Gasteiger partial charge in [-0.3, -0.25) is 14.3 Å². The van der Waals surface area contributed by atoms with Gasteiger partial charge in [0, 0.05) is 18.9 Å². The maximum absolute atomic E-state index is 11.5. The van der Waals surface area contributed by atoms with E-state index in [4.69, 9.17) is 5.11 Å². The molecule has 100 valence electrons. The van der Waals surface area contributed by atoms with Gasteiger partial charge in [-0.05, 0) is 6.07 Å². The molecule has 1 aromatic carbocycles. The van der Waals surface area contributed by atoms with Crippen molar-refractivity contribution in [1.29, 1.82) is 0 Å². The van der Waals surface area contributed by atoms with E-state index in [9.17, 15) is 9.59 Å². The summed E-state index contributed by atoms with van der Waals surface area (Å²) in [6.45, 7) is 0. The predicted octanol–water partition coefficient (Wildman–Crippen LogP) is 0.990. The number of benzene rings is 1. The lowest BCUT2D eigenvalue weighted by atomic mass is 10.0. The van der Waals surface area contributed by atoms with Crippen LogP contribution in [0, 0.1) is 5.92 Å². The third-order valence-corrected chi connectivity index (χ3v) is 3.02. The monoisotopic (exact) mass is 262 g/mol. The Morgan fingerprint density at radius 2 is 2.11 bits per heavy atom. The summed E-state index contributed by atoms with van der Waals surface area (Å²) in [6, 6.07) is 7.47. The Labute approximate surface area is 109 Å². The van der Waals surface area contributed by atoms with Gasteiger partial charge in [-0.2, -0.15) is 5.10 Å². The number of carboxylic acids is 1. The average Bonchev–Trinajstić information content (AvgIpc) is 2.72. The Morgan fingerprint density at radius 1 is 1.42 bits per heavy atom. The number of aryl methyl sites for hydroxylation is 1. The van der Waals surface area contributed by atoms with Gasteiger partial charge in [0.1, 0.15) is 0 Å². The van der Waals surface area contributed by atoms with Gasteiger partial charge < -0.3 is 9.84 Å². The summed E-state index contributed by atoms with van der Waals surface area (Å²) >= 11 is 0. The number of hydrogen-bond donors (Lipinski definition) is 1. The fourth-order valence-electron chi connectivity index (χ4n) is 2.05. The molecule has 19 heavy (non-hydrogen) atoms. The van der Waals surface area contributed by atoms with Crippen LogP contribution in [-0.2, 0) is 27.8 Å². The number of esters is 1. The average molecular weight is 262 g/mol. The fourth-order valence-corrected chi connectivity index (χ4v) is 2.05. The van der Waals surface area contributed by atoms with Gasteiger partial charge in [-0.15, -0.1) is 0 Å².